The van der Waals surface area contributed by atoms with Gasteiger partial charge in [0, 0.05) is 7.05 Å². The second kappa shape index (κ2) is 4.06. The standard InChI is InChI=1S/C14H20N2O/c1-8(2)13-14(17)16(5)12-7-10(4)9(3)6-11(12)15-13/h6-8,13,15H,1-5H3. The number of carbonyl (C=O) groups is 1. The maximum Gasteiger partial charge on any atom is 0.249 e. The summed E-state index contributed by atoms with van der Waals surface area (Å²) in [6.45, 7) is 8.30. The van der Waals surface area contributed by atoms with Crippen LogP contribution in [0.3, 0.4) is 0 Å². The molecule has 2 rings (SSSR count). The smallest absolute Gasteiger partial charge is 0.249 e. The van der Waals surface area contributed by atoms with Gasteiger partial charge in [-0.2, -0.15) is 0 Å². The molecule has 0 saturated carbocycles. The number of rotatable bonds is 1. The SMILES string of the molecule is Cc1cc2c(cc1C)N(C)C(=O)C(C(C)C)N2. The van der Waals surface area contributed by atoms with Crippen LogP contribution in [0.4, 0.5) is 11.4 Å². The molecule has 3 heteroatoms. The van der Waals surface area contributed by atoms with E-state index in [-0.39, 0.29) is 11.9 Å². The van der Waals surface area contributed by atoms with Crippen LogP contribution >= 0.6 is 0 Å². The average Bonchev–Trinajstić information content (AvgIpc) is 2.26. The quantitative estimate of drug-likeness (QED) is 0.807. The van der Waals surface area contributed by atoms with Crippen LogP contribution in [0.5, 0.6) is 0 Å². The number of aryl methyl sites for hydroxylation is 2. The van der Waals surface area contributed by atoms with Gasteiger partial charge in [0.25, 0.3) is 0 Å². The first kappa shape index (κ1) is 12.0. The zero-order chi connectivity index (χ0) is 12.7. The summed E-state index contributed by atoms with van der Waals surface area (Å²) in [4.78, 5) is 14.0. The Morgan fingerprint density at radius 3 is 2.41 bits per heavy atom. The van der Waals surface area contributed by atoms with Gasteiger partial charge >= 0.3 is 0 Å². The Hall–Kier alpha value is -1.51. The zero-order valence-electron chi connectivity index (χ0n) is 11.2. The Bertz CT molecular complexity index is 466. The summed E-state index contributed by atoms with van der Waals surface area (Å²) in [5, 5.41) is 3.35. The minimum absolute atomic E-state index is 0.116. The summed E-state index contributed by atoms with van der Waals surface area (Å²) in [5.41, 5.74) is 4.51. The molecule has 1 aromatic rings. The van der Waals surface area contributed by atoms with Crippen LogP contribution in [-0.4, -0.2) is 19.0 Å². The van der Waals surface area contributed by atoms with Crippen molar-refractivity contribution in [3.8, 4) is 0 Å². The second-order valence-electron chi connectivity index (χ2n) is 5.22. The third-order valence-corrected chi connectivity index (χ3v) is 3.55. The molecular formula is C14H20N2O. The summed E-state index contributed by atoms with van der Waals surface area (Å²) in [7, 11) is 1.85. The lowest BCUT2D eigenvalue weighted by Gasteiger charge is -2.35. The van der Waals surface area contributed by atoms with E-state index in [0.717, 1.165) is 11.4 Å². The number of hydrogen-bond acceptors (Lipinski definition) is 2. The molecule has 1 aliphatic rings. The van der Waals surface area contributed by atoms with Crippen LogP contribution in [0, 0.1) is 19.8 Å². The van der Waals surface area contributed by atoms with Crippen molar-refractivity contribution in [2.24, 2.45) is 5.92 Å². The average molecular weight is 232 g/mol. The highest BCUT2D eigenvalue weighted by Gasteiger charge is 2.32. The lowest BCUT2D eigenvalue weighted by Crippen LogP contribution is -2.47. The van der Waals surface area contributed by atoms with Crippen molar-refractivity contribution < 1.29 is 4.79 Å². The minimum Gasteiger partial charge on any atom is -0.372 e. The van der Waals surface area contributed by atoms with Gasteiger partial charge in [-0.1, -0.05) is 13.8 Å². The van der Waals surface area contributed by atoms with Crippen LogP contribution in [0.25, 0.3) is 0 Å². The Morgan fingerprint density at radius 1 is 1.24 bits per heavy atom. The van der Waals surface area contributed by atoms with Crippen LogP contribution in [0.2, 0.25) is 0 Å². The third-order valence-electron chi connectivity index (χ3n) is 3.55. The largest absolute Gasteiger partial charge is 0.372 e. The van der Waals surface area contributed by atoms with E-state index in [4.69, 9.17) is 0 Å². The first-order chi connectivity index (χ1) is 7.91. The van der Waals surface area contributed by atoms with Crippen LogP contribution in [0.1, 0.15) is 25.0 Å². The minimum atomic E-state index is -0.116. The molecule has 0 fully saturated rings. The van der Waals surface area contributed by atoms with Gasteiger partial charge in [-0.25, -0.2) is 0 Å². The number of nitrogens with one attached hydrogen (secondary N) is 1. The lowest BCUT2D eigenvalue weighted by molar-refractivity contribution is -0.120. The zero-order valence-corrected chi connectivity index (χ0v) is 11.2. The van der Waals surface area contributed by atoms with E-state index in [1.165, 1.54) is 11.1 Å². The van der Waals surface area contributed by atoms with Crippen molar-refractivity contribution in [1.29, 1.82) is 0 Å². The Balaban J connectivity index is 2.49. The molecular weight excluding hydrogens is 212 g/mol. The normalized spacial score (nSPS) is 19.3. The molecule has 1 atom stereocenters. The van der Waals surface area contributed by atoms with Crippen molar-refractivity contribution >= 4 is 17.3 Å². The molecule has 0 radical (unpaired) electrons. The fourth-order valence-electron chi connectivity index (χ4n) is 2.20. The fourth-order valence-corrected chi connectivity index (χ4v) is 2.20. The van der Waals surface area contributed by atoms with E-state index in [1.807, 2.05) is 7.05 Å². The monoisotopic (exact) mass is 232 g/mol. The van der Waals surface area contributed by atoms with Crippen LogP contribution in [0.15, 0.2) is 12.1 Å². The molecule has 1 N–H and O–H groups in total. The summed E-state index contributed by atoms with van der Waals surface area (Å²) < 4.78 is 0. The Morgan fingerprint density at radius 2 is 1.82 bits per heavy atom. The predicted molar refractivity (Wildman–Crippen MR) is 71.6 cm³/mol. The van der Waals surface area contributed by atoms with Crippen LogP contribution < -0.4 is 10.2 Å². The number of likely N-dealkylation sites (N-methyl/N-ethyl adjacent to an activating group) is 1. The van der Waals surface area contributed by atoms with E-state index < -0.39 is 0 Å². The highest BCUT2D eigenvalue weighted by atomic mass is 16.2. The van der Waals surface area contributed by atoms with Crippen molar-refractivity contribution in [2.75, 3.05) is 17.3 Å². The van der Waals surface area contributed by atoms with E-state index >= 15 is 0 Å². The number of carbonyl (C=O) groups excluding carboxylic acids is 1. The molecule has 0 spiro atoms. The molecule has 1 unspecified atom stereocenters. The molecule has 1 aromatic carbocycles. The molecule has 1 aliphatic heterocycles. The summed E-state index contributed by atoms with van der Waals surface area (Å²) in [5.74, 6) is 0.440. The molecule has 17 heavy (non-hydrogen) atoms. The molecule has 3 nitrogen and oxygen atoms in total. The third kappa shape index (κ3) is 1.90. The van der Waals surface area contributed by atoms with Crippen LogP contribution in [-0.2, 0) is 4.79 Å². The lowest BCUT2D eigenvalue weighted by atomic mass is 9.97. The highest BCUT2D eigenvalue weighted by Crippen LogP contribution is 2.34. The first-order valence-corrected chi connectivity index (χ1v) is 6.07. The molecule has 1 heterocycles. The summed E-state index contributed by atoms with van der Waals surface area (Å²) in [6, 6.07) is 4.09. The fraction of sp³-hybridized carbons (Fsp3) is 0.500. The van der Waals surface area contributed by atoms with Gasteiger partial charge in [-0.05, 0) is 43.0 Å². The van der Waals surface area contributed by atoms with Gasteiger partial charge in [0.15, 0.2) is 0 Å². The van der Waals surface area contributed by atoms with E-state index in [2.05, 4.69) is 45.1 Å². The van der Waals surface area contributed by atoms with E-state index in [1.54, 1.807) is 4.90 Å². The maximum atomic E-state index is 12.2. The Kier molecular flexibility index (Phi) is 2.86. The summed E-state index contributed by atoms with van der Waals surface area (Å²) in [6.07, 6.45) is 0. The highest BCUT2D eigenvalue weighted by molar-refractivity contribution is 6.04. The van der Waals surface area contributed by atoms with Crippen molar-refractivity contribution in [1.82, 2.24) is 0 Å². The van der Waals surface area contributed by atoms with Crippen molar-refractivity contribution in [3.05, 3.63) is 23.3 Å². The number of hydrogen-bond donors (Lipinski definition) is 1. The van der Waals surface area contributed by atoms with Gasteiger partial charge in [0.1, 0.15) is 6.04 Å². The van der Waals surface area contributed by atoms with Crippen molar-refractivity contribution in [3.63, 3.8) is 0 Å². The predicted octanol–water partition coefficient (Wildman–Crippen LogP) is 2.72. The van der Waals surface area contributed by atoms with Gasteiger partial charge in [-0.15, -0.1) is 0 Å². The van der Waals surface area contributed by atoms with Gasteiger partial charge in [-0.3, -0.25) is 4.79 Å². The maximum absolute atomic E-state index is 12.2. The molecule has 92 valence electrons. The number of fused-ring (bicyclic) bond motifs is 1. The molecule has 0 saturated heterocycles. The Labute approximate surface area is 103 Å². The first-order valence-electron chi connectivity index (χ1n) is 6.07. The van der Waals surface area contributed by atoms with Gasteiger partial charge in [0.2, 0.25) is 5.91 Å². The molecule has 0 bridgehead atoms. The van der Waals surface area contributed by atoms with E-state index in [9.17, 15) is 4.79 Å². The summed E-state index contributed by atoms with van der Waals surface area (Å²) >= 11 is 0. The second-order valence-corrected chi connectivity index (χ2v) is 5.22. The number of amides is 1. The van der Waals surface area contributed by atoms with Crippen molar-refractivity contribution in [2.45, 2.75) is 33.7 Å². The molecule has 0 aromatic heterocycles. The van der Waals surface area contributed by atoms with Gasteiger partial charge < -0.3 is 10.2 Å². The number of nitrogens with zero attached hydrogens (tertiary/aromatic N) is 1. The number of anilines is 2. The molecule has 1 amide bonds. The number of benzene rings is 1. The topological polar surface area (TPSA) is 32.3 Å². The van der Waals surface area contributed by atoms with Gasteiger partial charge in [0.05, 0.1) is 11.4 Å². The molecule has 0 aliphatic carbocycles. The van der Waals surface area contributed by atoms with E-state index in [0.29, 0.717) is 5.92 Å².